The summed E-state index contributed by atoms with van der Waals surface area (Å²) >= 11 is 1.21. The fraction of sp³-hybridized carbons (Fsp3) is 0.125. The largest absolute Gasteiger partial charge is 0.325 e. The van der Waals surface area contributed by atoms with Gasteiger partial charge in [0.05, 0.1) is 22.3 Å². The molecule has 2 N–H and O–H groups in total. The number of aryl methyl sites for hydroxylation is 2. The summed E-state index contributed by atoms with van der Waals surface area (Å²) in [7, 11) is 0. The summed E-state index contributed by atoms with van der Waals surface area (Å²) in [5, 5.41) is 3.83. The van der Waals surface area contributed by atoms with E-state index in [1.807, 2.05) is 74.5 Å². The fourth-order valence-corrected chi connectivity index (χ4v) is 3.85. The summed E-state index contributed by atoms with van der Waals surface area (Å²) in [6, 6.07) is 22.4. The number of amides is 1. The average molecular weight is 431 g/mol. The highest BCUT2D eigenvalue weighted by Crippen LogP contribution is 2.20. The summed E-state index contributed by atoms with van der Waals surface area (Å²) in [6.45, 7) is 4.04. The average Bonchev–Trinajstić information content (AvgIpc) is 2.78. The number of fused-ring (bicyclic) bond motifs is 1. The second-order valence-corrected chi connectivity index (χ2v) is 8.11. The van der Waals surface area contributed by atoms with Crippen molar-refractivity contribution in [1.29, 1.82) is 0 Å². The van der Waals surface area contributed by atoms with Gasteiger partial charge in [-0.15, -0.1) is 0 Å². The third kappa shape index (κ3) is 4.78. The summed E-state index contributed by atoms with van der Waals surface area (Å²) < 4.78 is 1.39. The van der Waals surface area contributed by atoms with Crippen molar-refractivity contribution in [2.75, 3.05) is 16.5 Å². The zero-order valence-corrected chi connectivity index (χ0v) is 18.1. The van der Waals surface area contributed by atoms with Gasteiger partial charge in [-0.1, -0.05) is 48.2 Å². The SMILES string of the molecule is Cc1ccc(NC(=O)CSc2nc3ccccc3c(=O)n2Nc2ccccc2)cc1C. The lowest BCUT2D eigenvalue weighted by atomic mass is 10.1. The maximum Gasteiger partial charge on any atom is 0.280 e. The Bertz CT molecular complexity index is 1300. The van der Waals surface area contributed by atoms with E-state index in [-0.39, 0.29) is 17.2 Å². The molecule has 0 aliphatic carbocycles. The summed E-state index contributed by atoms with van der Waals surface area (Å²) in [5.74, 6) is -0.0457. The van der Waals surface area contributed by atoms with Crippen molar-refractivity contribution in [2.45, 2.75) is 19.0 Å². The molecule has 0 saturated heterocycles. The topological polar surface area (TPSA) is 76.0 Å². The molecule has 0 fully saturated rings. The monoisotopic (exact) mass is 430 g/mol. The highest BCUT2D eigenvalue weighted by Gasteiger charge is 2.14. The number of nitrogens with zero attached hydrogens (tertiary/aromatic N) is 2. The first-order valence-corrected chi connectivity index (χ1v) is 10.8. The molecule has 0 aliphatic heterocycles. The quantitative estimate of drug-likeness (QED) is 0.345. The molecule has 1 amide bonds. The molecule has 0 bridgehead atoms. The van der Waals surface area contributed by atoms with Gasteiger partial charge in [0.15, 0.2) is 5.16 Å². The Morgan fingerprint density at radius 2 is 1.68 bits per heavy atom. The molecule has 0 atom stereocenters. The Morgan fingerprint density at radius 1 is 0.935 bits per heavy atom. The Kier molecular flexibility index (Phi) is 6.04. The molecule has 1 aromatic heterocycles. The number of thioether (sulfide) groups is 1. The number of carbonyl (C=O) groups is 1. The van der Waals surface area contributed by atoms with Crippen LogP contribution in [0.15, 0.2) is 82.7 Å². The standard InChI is InChI=1S/C24H22N4O2S/c1-16-12-13-19(14-17(16)2)25-22(29)15-31-24-26-21-11-7-6-10-20(21)23(30)28(24)27-18-8-4-3-5-9-18/h3-14,27H,15H2,1-2H3,(H,25,29). The van der Waals surface area contributed by atoms with Crippen LogP contribution in [-0.4, -0.2) is 21.3 Å². The van der Waals surface area contributed by atoms with E-state index in [4.69, 9.17) is 0 Å². The van der Waals surface area contributed by atoms with Crippen molar-refractivity contribution >= 4 is 39.9 Å². The van der Waals surface area contributed by atoms with Gasteiger partial charge in [0.1, 0.15) is 0 Å². The van der Waals surface area contributed by atoms with E-state index in [2.05, 4.69) is 15.7 Å². The molecule has 7 heteroatoms. The molecule has 4 aromatic rings. The number of hydrogen-bond donors (Lipinski definition) is 2. The van der Waals surface area contributed by atoms with Crippen molar-refractivity contribution in [3.05, 3.63) is 94.3 Å². The van der Waals surface area contributed by atoms with Gasteiger partial charge < -0.3 is 5.32 Å². The molecular weight excluding hydrogens is 408 g/mol. The van der Waals surface area contributed by atoms with Crippen LogP contribution in [0, 0.1) is 13.8 Å². The first-order chi connectivity index (χ1) is 15.0. The number of para-hydroxylation sites is 2. The van der Waals surface area contributed by atoms with Crippen molar-refractivity contribution in [3.63, 3.8) is 0 Å². The van der Waals surface area contributed by atoms with Crippen LogP contribution in [0.25, 0.3) is 10.9 Å². The van der Waals surface area contributed by atoms with Crippen LogP contribution in [0.3, 0.4) is 0 Å². The van der Waals surface area contributed by atoms with E-state index in [1.165, 1.54) is 22.0 Å². The third-order valence-corrected chi connectivity index (χ3v) is 5.82. The molecular formula is C24H22N4O2S. The number of anilines is 2. The van der Waals surface area contributed by atoms with Crippen LogP contribution in [0.1, 0.15) is 11.1 Å². The molecule has 156 valence electrons. The Balaban J connectivity index is 1.59. The van der Waals surface area contributed by atoms with E-state index in [9.17, 15) is 9.59 Å². The smallest absolute Gasteiger partial charge is 0.280 e. The minimum Gasteiger partial charge on any atom is -0.325 e. The van der Waals surface area contributed by atoms with E-state index < -0.39 is 0 Å². The second-order valence-electron chi connectivity index (χ2n) is 7.17. The summed E-state index contributed by atoms with van der Waals surface area (Å²) in [4.78, 5) is 30.3. The van der Waals surface area contributed by atoms with Gasteiger partial charge in [-0.05, 0) is 61.4 Å². The van der Waals surface area contributed by atoms with Crippen molar-refractivity contribution in [1.82, 2.24) is 9.66 Å². The van der Waals surface area contributed by atoms with Crippen molar-refractivity contribution in [3.8, 4) is 0 Å². The Hall–Kier alpha value is -3.58. The maximum absolute atomic E-state index is 13.1. The predicted octanol–water partition coefficient (Wildman–Crippen LogP) is 4.62. The lowest BCUT2D eigenvalue weighted by molar-refractivity contribution is -0.113. The van der Waals surface area contributed by atoms with Gasteiger partial charge >= 0.3 is 0 Å². The number of nitrogens with one attached hydrogen (secondary N) is 2. The molecule has 4 rings (SSSR count). The van der Waals surface area contributed by atoms with Gasteiger partial charge in [-0.25, -0.2) is 4.98 Å². The highest BCUT2D eigenvalue weighted by atomic mass is 32.2. The molecule has 3 aromatic carbocycles. The molecule has 0 unspecified atom stereocenters. The summed E-state index contributed by atoms with van der Waals surface area (Å²) in [5.41, 5.74) is 7.27. The summed E-state index contributed by atoms with van der Waals surface area (Å²) in [6.07, 6.45) is 0. The molecule has 1 heterocycles. The van der Waals surface area contributed by atoms with Crippen LogP contribution in [0.2, 0.25) is 0 Å². The number of aromatic nitrogens is 2. The third-order valence-electron chi connectivity index (χ3n) is 4.88. The van der Waals surface area contributed by atoms with Gasteiger partial charge in [-0.2, -0.15) is 4.68 Å². The molecule has 0 spiro atoms. The molecule has 0 radical (unpaired) electrons. The zero-order valence-electron chi connectivity index (χ0n) is 17.3. The van der Waals surface area contributed by atoms with Crippen LogP contribution in [0.4, 0.5) is 11.4 Å². The van der Waals surface area contributed by atoms with E-state index >= 15 is 0 Å². The number of carbonyl (C=O) groups excluding carboxylic acids is 1. The lowest BCUT2D eigenvalue weighted by Crippen LogP contribution is -2.29. The first kappa shape index (κ1) is 20.7. The normalized spacial score (nSPS) is 10.8. The molecule has 31 heavy (non-hydrogen) atoms. The van der Waals surface area contributed by atoms with Gasteiger partial charge in [0.25, 0.3) is 5.56 Å². The van der Waals surface area contributed by atoms with Gasteiger partial charge in [-0.3, -0.25) is 15.0 Å². The van der Waals surface area contributed by atoms with Crippen LogP contribution >= 0.6 is 11.8 Å². The van der Waals surface area contributed by atoms with Crippen molar-refractivity contribution < 1.29 is 4.79 Å². The molecule has 6 nitrogen and oxygen atoms in total. The Labute approximate surface area is 184 Å². The van der Waals surface area contributed by atoms with Crippen LogP contribution < -0.4 is 16.3 Å². The number of hydrogen-bond acceptors (Lipinski definition) is 5. The Morgan fingerprint density at radius 3 is 2.45 bits per heavy atom. The highest BCUT2D eigenvalue weighted by molar-refractivity contribution is 7.99. The first-order valence-electron chi connectivity index (χ1n) is 9.85. The zero-order chi connectivity index (χ0) is 21.8. The van der Waals surface area contributed by atoms with Crippen LogP contribution in [-0.2, 0) is 4.79 Å². The van der Waals surface area contributed by atoms with Crippen molar-refractivity contribution in [2.24, 2.45) is 0 Å². The van der Waals surface area contributed by atoms with Gasteiger partial charge in [0, 0.05) is 5.69 Å². The molecule has 0 aliphatic rings. The fourth-order valence-electron chi connectivity index (χ4n) is 3.10. The van der Waals surface area contributed by atoms with Gasteiger partial charge in [0.2, 0.25) is 5.91 Å². The second kappa shape index (κ2) is 9.06. The molecule has 0 saturated carbocycles. The number of rotatable bonds is 6. The lowest BCUT2D eigenvalue weighted by Gasteiger charge is -2.15. The van der Waals surface area contributed by atoms with E-state index in [0.717, 1.165) is 16.9 Å². The van der Waals surface area contributed by atoms with Crippen LogP contribution in [0.5, 0.6) is 0 Å². The number of benzene rings is 3. The van der Waals surface area contributed by atoms with E-state index in [0.29, 0.717) is 16.1 Å². The van der Waals surface area contributed by atoms with E-state index in [1.54, 1.807) is 12.1 Å². The maximum atomic E-state index is 13.1. The predicted molar refractivity (Wildman–Crippen MR) is 127 cm³/mol. The minimum atomic E-state index is -0.216. The minimum absolute atomic E-state index is 0.119.